The zero-order chi connectivity index (χ0) is 22.0. The second kappa shape index (κ2) is 8.78. The van der Waals surface area contributed by atoms with E-state index >= 15 is 0 Å². The molecule has 2 aromatic carbocycles. The Morgan fingerprint density at radius 2 is 1.90 bits per heavy atom. The smallest absolute Gasteiger partial charge is 0.257 e. The van der Waals surface area contributed by atoms with Crippen LogP contribution in [0.4, 0.5) is 14.5 Å². The number of hydrogen-bond donors (Lipinski definition) is 1. The van der Waals surface area contributed by atoms with Gasteiger partial charge in [-0.15, -0.1) is 0 Å². The highest BCUT2D eigenvalue weighted by molar-refractivity contribution is 6.04. The zero-order valence-corrected chi connectivity index (χ0v) is 17.5. The minimum absolute atomic E-state index is 0.185. The van der Waals surface area contributed by atoms with Crippen molar-refractivity contribution in [3.63, 3.8) is 0 Å². The molecule has 0 saturated heterocycles. The largest absolute Gasteiger partial charge is 0.322 e. The summed E-state index contributed by atoms with van der Waals surface area (Å²) in [5.41, 5.74) is 5.40. The SMILES string of the molecule is CN(C)CC1=Cc2ccc(NC(=O)c3ccc(-c4ccc(F)cc4F)nc3)cc2CC1. The quantitative estimate of drug-likeness (QED) is 0.621. The second-order valence-electron chi connectivity index (χ2n) is 7.96. The maximum absolute atomic E-state index is 13.9. The average molecular weight is 419 g/mol. The van der Waals surface area contributed by atoms with Gasteiger partial charge in [-0.25, -0.2) is 8.78 Å². The first kappa shape index (κ1) is 20.9. The third-order valence-corrected chi connectivity index (χ3v) is 5.23. The zero-order valence-electron chi connectivity index (χ0n) is 17.5. The van der Waals surface area contributed by atoms with Gasteiger partial charge >= 0.3 is 0 Å². The number of nitrogens with zero attached hydrogens (tertiary/aromatic N) is 2. The number of rotatable bonds is 5. The van der Waals surface area contributed by atoms with Gasteiger partial charge in [0.05, 0.1) is 11.3 Å². The molecule has 3 aromatic rings. The van der Waals surface area contributed by atoms with Crippen LogP contribution in [0.2, 0.25) is 0 Å². The Hall–Kier alpha value is -3.38. The molecule has 1 aromatic heterocycles. The van der Waals surface area contributed by atoms with Crippen LogP contribution in [0.1, 0.15) is 27.9 Å². The summed E-state index contributed by atoms with van der Waals surface area (Å²) >= 11 is 0. The number of carbonyl (C=O) groups excluding carboxylic acids is 1. The predicted octanol–water partition coefficient (Wildman–Crippen LogP) is 5.17. The van der Waals surface area contributed by atoms with E-state index in [0.29, 0.717) is 11.3 Å². The highest BCUT2D eigenvalue weighted by Gasteiger charge is 2.14. The lowest BCUT2D eigenvalue weighted by atomic mass is 9.91. The van der Waals surface area contributed by atoms with E-state index < -0.39 is 11.6 Å². The van der Waals surface area contributed by atoms with Crippen molar-refractivity contribution in [3.8, 4) is 11.3 Å². The Morgan fingerprint density at radius 1 is 1.06 bits per heavy atom. The number of aromatic nitrogens is 1. The predicted molar refractivity (Wildman–Crippen MR) is 119 cm³/mol. The van der Waals surface area contributed by atoms with Crippen molar-refractivity contribution in [1.82, 2.24) is 9.88 Å². The number of aryl methyl sites for hydroxylation is 1. The molecule has 4 rings (SSSR count). The molecule has 0 radical (unpaired) electrons. The van der Waals surface area contributed by atoms with Crippen LogP contribution in [0.5, 0.6) is 0 Å². The monoisotopic (exact) mass is 419 g/mol. The Bertz CT molecular complexity index is 1150. The number of carbonyl (C=O) groups is 1. The van der Waals surface area contributed by atoms with Crippen LogP contribution >= 0.6 is 0 Å². The van der Waals surface area contributed by atoms with E-state index in [1.165, 1.54) is 35.0 Å². The van der Waals surface area contributed by atoms with Crippen molar-refractivity contribution < 1.29 is 13.6 Å². The fraction of sp³-hybridized carbons (Fsp3) is 0.200. The normalized spacial score (nSPS) is 13.0. The van der Waals surface area contributed by atoms with Gasteiger partial charge in [-0.3, -0.25) is 9.78 Å². The minimum Gasteiger partial charge on any atom is -0.322 e. The number of pyridine rings is 1. The molecule has 1 amide bonds. The molecule has 1 aliphatic carbocycles. The van der Waals surface area contributed by atoms with Crippen molar-refractivity contribution in [2.75, 3.05) is 26.0 Å². The summed E-state index contributed by atoms with van der Waals surface area (Å²) in [6.07, 6.45) is 5.57. The van der Waals surface area contributed by atoms with E-state index in [1.807, 2.05) is 18.2 Å². The van der Waals surface area contributed by atoms with Crippen LogP contribution in [0.3, 0.4) is 0 Å². The molecule has 0 bridgehead atoms. The molecular weight excluding hydrogens is 396 g/mol. The number of anilines is 1. The molecule has 31 heavy (non-hydrogen) atoms. The van der Waals surface area contributed by atoms with E-state index in [-0.39, 0.29) is 11.5 Å². The third-order valence-electron chi connectivity index (χ3n) is 5.23. The number of fused-ring (bicyclic) bond motifs is 1. The van der Waals surface area contributed by atoms with E-state index in [0.717, 1.165) is 31.1 Å². The van der Waals surface area contributed by atoms with Crippen LogP contribution < -0.4 is 5.32 Å². The van der Waals surface area contributed by atoms with E-state index in [9.17, 15) is 13.6 Å². The van der Waals surface area contributed by atoms with Crippen molar-refractivity contribution >= 4 is 17.7 Å². The van der Waals surface area contributed by atoms with Gasteiger partial charge < -0.3 is 10.2 Å². The molecule has 1 N–H and O–H groups in total. The van der Waals surface area contributed by atoms with Crippen LogP contribution in [0.25, 0.3) is 17.3 Å². The van der Waals surface area contributed by atoms with Gasteiger partial charge in [-0.2, -0.15) is 0 Å². The second-order valence-corrected chi connectivity index (χ2v) is 7.96. The summed E-state index contributed by atoms with van der Waals surface area (Å²) in [6, 6.07) is 12.4. The average Bonchev–Trinajstić information content (AvgIpc) is 2.73. The summed E-state index contributed by atoms with van der Waals surface area (Å²) < 4.78 is 27.0. The molecule has 0 aliphatic heterocycles. The maximum atomic E-state index is 13.9. The molecule has 0 fully saturated rings. The summed E-state index contributed by atoms with van der Waals surface area (Å²) in [6.45, 7) is 0.947. The summed E-state index contributed by atoms with van der Waals surface area (Å²) in [4.78, 5) is 19.0. The highest BCUT2D eigenvalue weighted by Crippen LogP contribution is 2.27. The number of halogens is 2. The van der Waals surface area contributed by atoms with Crippen molar-refractivity contribution in [3.05, 3.63) is 88.6 Å². The number of likely N-dealkylation sites (N-methyl/N-ethyl adjacent to an activating group) is 1. The van der Waals surface area contributed by atoms with E-state index in [2.05, 4.69) is 35.4 Å². The van der Waals surface area contributed by atoms with Crippen LogP contribution in [-0.2, 0) is 6.42 Å². The Labute approximate surface area is 180 Å². The van der Waals surface area contributed by atoms with Gasteiger partial charge in [0, 0.05) is 30.1 Å². The van der Waals surface area contributed by atoms with E-state index in [4.69, 9.17) is 0 Å². The van der Waals surface area contributed by atoms with Gasteiger partial charge in [0.1, 0.15) is 11.6 Å². The molecule has 0 saturated carbocycles. The van der Waals surface area contributed by atoms with Gasteiger partial charge in [0.2, 0.25) is 0 Å². The molecule has 1 heterocycles. The van der Waals surface area contributed by atoms with Crippen LogP contribution in [-0.4, -0.2) is 36.4 Å². The molecule has 0 spiro atoms. The minimum atomic E-state index is -0.693. The first-order valence-corrected chi connectivity index (χ1v) is 10.1. The molecule has 4 nitrogen and oxygen atoms in total. The van der Waals surface area contributed by atoms with Crippen LogP contribution in [0, 0.1) is 11.6 Å². The Balaban J connectivity index is 1.47. The molecule has 158 valence electrons. The summed E-state index contributed by atoms with van der Waals surface area (Å²) in [7, 11) is 4.12. The summed E-state index contributed by atoms with van der Waals surface area (Å²) in [5.74, 6) is -1.63. The molecule has 1 aliphatic rings. The topological polar surface area (TPSA) is 45.2 Å². The lowest BCUT2D eigenvalue weighted by Gasteiger charge is -2.20. The van der Waals surface area contributed by atoms with Crippen molar-refractivity contribution in [2.45, 2.75) is 12.8 Å². The number of amides is 1. The van der Waals surface area contributed by atoms with Gasteiger partial charge in [-0.05, 0) is 74.5 Å². The molecule has 6 heteroatoms. The number of nitrogens with one attached hydrogen (secondary N) is 1. The van der Waals surface area contributed by atoms with Crippen molar-refractivity contribution in [1.29, 1.82) is 0 Å². The van der Waals surface area contributed by atoms with Gasteiger partial charge in [0.15, 0.2) is 0 Å². The highest BCUT2D eigenvalue weighted by atomic mass is 19.1. The summed E-state index contributed by atoms with van der Waals surface area (Å²) in [5, 5.41) is 2.90. The van der Waals surface area contributed by atoms with E-state index in [1.54, 1.807) is 12.1 Å². The van der Waals surface area contributed by atoms with Gasteiger partial charge in [-0.1, -0.05) is 17.7 Å². The number of benzene rings is 2. The molecule has 0 unspecified atom stereocenters. The first-order chi connectivity index (χ1) is 14.9. The lowest BCUT2D eigenvalue weighted by molar-refractivity contribution is 0.102. The van der Waals surface area contributed by atoms with Crippen LogP contribution in [0.15, 0.2) is 60.3 Å². The fourth-order valence-corrected chi connectivity index (χ4v) is 3.75. The lowest BCUT2D eigenvalue weighted by Crippen LogP contribution is -2.17. The Kier molecular flexibility index (Phi) is 5.91. The number of hydrogen-bond acceptors (Lipinski definition) is 3. The standard InChI is InChI=1S/C25H23F2N3O/c1-30(2)15-16-3-4-18-12-21(8-5-17(18)11-16)29-25(31)19-6-10-24(28-14-19)22-9-7-20(26)13-23(22)27/h5-14H,3-4,15H2,1-2H3,(H,29,31). The van der Waals surface area contributed by atoms with Crippen molar-refractivity contribution in [2.24, 2.45) is 0 Å². The molecule has 0 atom stereocenters. The Morgan fingerprint density at radius 3 is 2.61 bits per heavy atom. The third kappa shape index (κ3) is 4.86. The first-order valence-electron chi connectivity index (χ1n) is 10.1. The van der Waals surface area contributed by atoms with Gasteiger partial charge in [0.25, 0.3) is 5.91 Å². The molecular formula is C25H23F2N3O. The fourth-order valence-electron chi connectivity index (χ4n) is 3.75. The maximum Gasteiger partial charge on any atom is 0.257 e.